The van der Waals surface area contributed by atoms with Gasteiger partial charge in [-0.2, -0.15) is 0 Å². The van der Waals surface area contributed by atoms with Crippen molar-refractivity contribution in [3.8, 4) is 0 Å². The van der Waals surface area contributed by atoms with Gasteiger partial charge < -0.3 is 0 Å². The summed E-state index contributed by atoms with van der Waals surface area (Å²) in [6.45, 7) is 0. The fourth-order valence-electron chi connectivity index (χ4n) is 3.56. The van der Waals surface area contributed by atoms with Crippen LogP contribution in [-0.2, 0) is 4.79 Å². The van der Waals surface area contributed by atoms with Crippen LogP contribution in [0.1, 0.15) is 25.7 Å². The molecule has 4 unspecified atom stereocenters. The smallest absolute Gasteiger partial charge is 0.140 e. The van der Waals surface area contributed by atoms with E-state index in [0.29, 0.717) is 22.4 Å². The van der Waals surface area contributed by atoms with Gasteiger partial charge in [-0.1, -0.05) is 15.9 Å². The molecule has 2 heteroatoms. The molecule has 1 nitrogen and oxygen atoms in total. The van der Waals surface area contributed by atoms with Crippen LogP contribution in [0, 0.1) is 23.7 Å². The van der Waals surface area contributed by atoms with Crippen LogP contribution in [0.3, 0.4) is 0 Å². The van der Waals surface area contributed by atoms with E-state index in [1.165, 1.54) is 25.7 Å². The van der Waals surface area contributed by atoms with Crippen molar-refractivity contribution in [1.82, 2.24) is 0 Å². The van der Waals surface area contributed by atoms with Gasteiger partial charge in [0.05, 0.1) is 0 Å². The molecule has 0 radical (unpaired) electrons. The molecule has 4 bridgehead atoms. The van der Waals surface area contributed by atoms with Crippen molar-refractivity contribution in [2.45, 2.75) is 30.5 Å². The molecule has 0 heterocycles. The third kappa shape index (κ3) is 0.822. The SMILES string of the molecule is O=C1C2CC3CC(C2)[C@@H](Br)C1C3. The zero-order valence-electron chi connectivity index (χ0n) is 7.00. The van der Waals surface area contributed by atoms with Crippen LogP contribution in [0.5, 0.6) is 0 Å². The molecule has 5 atom stereocenters. The van der Waals surface area contributed by atoms with Crippen LogP contribution in [-0.4, -0.2) is 10.6 Å². The zero-order chi connectivity index (χ0) is 8.29. The van der Waals surface area contributed by atoms with E-state index < -0.39 is 0 Å². The monoisotopic (exact) mass is 228 g/mol. The predicted molar refractivity (Wildman–Crippen MR) is 50.2 cm³/mol. The van der Waals surface area contributed by atoms with Crippen LogP contribution >= 0.6 is 15.9 Å². The fraction of sp³-hybridized carbons (Fsp3) is 0.900. The van der Waals surface area contributed by atoms with Crippen molar-refractivity contribution in [3.05, 3.63) is 0 Å². The minimum atomic E-state index is 0.390. The molecule has 0 saturated heterocycles. The Morgan fingerprint density at radius 1 is 1.17 bits per heavy atom. The number of alkyl halides is 1. The van der Waals surface area contributed by atoms with Gasteiger partial charge in [0.1, 0.15) is 5.78 Å². The van der Waals surface area contributed by atoms with E-state index in [9.17, 15) is 4.79 Å². The first-order valence-electron chi connectivity index (χ1n) is 4.93. The third-order valence-electron chi connectivity index (χ3n) is 4.03. The molecule has 4 fully saturated rings. The van der Waals surface area contributed by atoms with Gasteiger partial charge in [0.25, 0.3) is 0 Å². The second-order valence-electron chi connectivity index (χ2n) is 4.72. The lowest BCUT2D eigenvalue weighted by Gasteiger charge is -2.51. The van der Waals surface area contributed by atoms with Crippen LogP contribution in [0.25, 0.3) is 0 Å². The maximum atomic E-state index is 11.8. The van der Waals surface area contributed by atoms with E-state index in [-0.39, 0.29) is 0 Å². The summed E-state index contributed by atoms with van der Waals surface area (Å²) < 4.78 is 0. The Hall–Kier alpha value is 0.150. The summed E-state index contributed by atoms with van der Waals surface area (Å²) in [4.78, 5) is 12.3. The molecule has 4 rings (SSSR count). The van der Waals surface area contributed by atoms with Crippen LogP contribution in [0.2, 0.25) is 0 Å². The molecule has 4 aliphatic rings. The molecule has 0 spiro atoms. The number of hydrogen-bond donors (Lipinski definition) is 0. The van der Waals surface area contributed by atoms with Crippen LogP contribution < -0.4 is 0 Å². The Bertz CT molecular complexity index is 238. The molecular formula is C10H13BrO. The lowest BCUT2D eigenvalue weighted by molar-refractivity contribution is -0.138. The maximum absolute atomic E-state index is 11.8. The maximum Gasteiger partial charge on any atom is 0.140 e. The number of carbonyl (C=O) groups is 1. The summed E-state index contributed by atoms with van der Waals surface area (Å²) in [6, 6.07) is 0. The Morgan fingerprint density at radius 2 is 2.00 bits per heavy atom. The summed E-state index contributed by atoms with van der Waals surface area (Å²) in [6.07, 6.45) is 4.96. The van der Waals surface area contributed by atoms with Crippen molar-refractivity contribution >= 4 is 21.7 Å². The van der Waals surface area contributed by atoms with Gasteiger partial charge in [0, 0.05) is 16.7 Å². The highest BCUT2D eigenvalue weighted by molar-refractivity contribution is 9.09. The van der Waals surface area contributed by atoms with Gasteiger partial charge >= 0.3 is 0 Å². The molecule has 12 heavy (non-hydrogen) atoms. The molecule has 0 amide bonds. The lowest BCUT2D eigenvalue weighted by atomic mass is 9.56. The third-order valence-corrected chi connectivity index (χ3v) is 5.42. The highest BCUT2D eigenvalue weighted by Crippen LogP contribution is 2.54. The van der Waals surface area contributed by atoms with E-state index in [1.807, 2.05) is 0 Å². The summed E-state index contributed by atoms with van der Waals surface area (Å²) in [5.74, 6) is 3.14. The van der Waals surface area contributed by atoms with E-state index in [2.05, 4.69) is 15.9 Å². The normalized spacial score (nSPS) is 56.4. The van der Waals surface area contributed by atoms with E-state index >= 15 is 0 Å². The first kappa shape index (κ1) is 7.54. The van der Waals surface area contributed by atoms with Crippen molar-refractivity contribution in [1.29, 1.82) is 0 Å². The van der Waals surface area contributed by atoms with Crippen molar-refractivity contribution < 1.29 is 4.79 Å². The number of Topliss-reactive ketones (excluding diaryl/α,β-unsaturated/α-hetero) is 1. The number of halogens is 1. The molecule has 0 aromatic heterocycles. The first-order chi connectivity index (χ1) is 5.75. The molecule has 0 aromatic rings. The zero-order valence-corrected chi connectivity index (χ0v) is 8.59. The van der Waals surface area contributed by atoms with E-state index in [1.54, 1.807) is 0 Å². The van der Waals surface area contributed by atoms with Crippen LogP contribution in [0.15, 0.2) is 0 Å². The quantitative estimate of drug-likeness (QED) is 0.583. The van der Waals surface area contributed by atoms with Gasteiger partial charge in [-0.15, -0.1) is 0 Å². The van der Waals surface area contributed by atoms with Gasteiger partial charge in [-0.25, -0.2) is 0 Å². The molecule has 0 N–H and O–H groups in total. The number of rotatable bonds is 0. The van der Waals surface area contributed by atoms with E-state index in [4.69, 9.17) is 0 Å². The minimum Gasteiger partial charge on any atom is -0.299 e. The van der Waals surface area contributed by atoms with E-state index in [0.717, 1.165) is 11.8 Å². The Labute approximate surface area is 81.0 Å². The molecule has 0 aliphatic heterocycles. The average molecular weight is 229 g/mol. The molecule has 0 aromatic carbocycles. The molecule has 4 saturated carbocycles. The predicted octanol–water partition coefficient (Wildman–Crippen LogP) is 2.39. The van der Waals surface area contributed by atoms with Gasteiger partial charge in [-0.3, -0.25) is 4.79 Å². The van der Waals surface area contributed by atoms with Crippen molar-refractivity contribution in [2.75, 3.05) is 0 Å². The summed E-state index contributed by atoms with van der Waals surface area (Å²) >= 11 is 3.70. The average Bonchev–Trinajstić information content (AvgIpc) is 2.07. The summed E-state index contributed by atoms with van der Waals surface area (Å²) in [5, 5.41) is 0. The van der Waals surface area contributed by atoms with Gasteiger partial charge in [0.2, 0.25) is 0 Å². The van der Waals surface area contributed by atoms with Crippen molar-refractivity contribution in [2.24, 2.45) is 23.7 Å². The Kier molecular flexibility index (Phi) is 1.47. The van der Waals surface area contributed by atoms with Gasteiger partial charge in [0.15, 0.2) is 0 Å². The molecule has 66 valence electrons. The Morgan fingerprint density at radius 3 is 2.83 bits per heavy atom. The highest BCUT2D eigenvalue weighted by atomic mass is 79.9. The summed E-state index contributed by atoms with van der Waals surface area (Å²) in [7, 11) is 0. The number of carbonyl (C=O) groups excluding carboxylic acids is 1. The van der Waals surface area contributed by atoms with Gasteiger partial charge in [-0.05, 0) is 37.5 Å². The second-order valence-corrected chi connectivity index (χ2v) is 5.78. The largest absolute Gasteiger partial charge is 0.299 e. The minimum absolute atomic E-state index is 0.390. The Balaban J connectivity index is 1.98. The van der Waals surface area contributed by atoms with Crippen LogP contribution in [0.4, 0.5) is 0 Å². The number of hydrogen-bond acceptors (Lipinski definition) is 1. The summed E-state index contributed by atoms with van der Waals surface area (Å²) in [5.41, 5.74) is 0. The fourth-order valence-corrected chi connectivity index (χ4v) is 4.47. The second kappa shape index (κ2) is 2.34. The number of ketones is 1. The molecule has 4 aliphatic carbocycles. The van der Waals surface area contributed by atoms with Crippen molar-refractivity contribution in [3.63, 3.8) is 0 Å². The lowest BCUT2D eigenvalue weighted by Crippen LogP contribution is -2.51. The standard InChI is InChI=1S/C10H13BrO/c11-9-6-1-5-2-7(4-6)10(12)8(9)3-5/h5-9H,1-4H2/t5?,6?,7?,8?,9-/m1/s1. The highest BCUT2D eigenvalue weighted by Gasteiger charge is 2.52. The first-order valence-corrected chi connectivity index (χ1v) is 5.85. The molecular weight excluding hydrogens is 216 g/mol. The topological polar surface area (TPSA) is 17.1 Å².